The minimum Gasteiger partial charge on any atom is -0.494 e. The lowest BCUT2D eigenvalue weighted by Crippen LogP contribution is -2.24. The van der Waals surface area contributed by atoms with E-state index in [4.69, 9.17) is 4.74 Å². The van der Waals surface area contributed by atoms with Crippen molar-refractivity contribution < 1.29 is 9.53 Å². The molecule has 0 saturated carbocycles. The average molecular weight is 331 g/mol. The number of ether oxygens (including phenoxy) is 1. The zero-order valence-electron chi connectivity index (χ0n) is 12.9. The molecule has 120 valence electrons. The Morgan fingerprint density at radius 1 is 1.30 bits per heavy atom. The van der Waals surface area contributed by atoms with E-state index in [9.17, 15) is 4.79 Å². The summed E-state index contributed by atoms with van der Waals surface area (Å²) in [6.45, 7) is 4.80. The minimum atomic E-state index is -0.0446. The lowest BCUT2D eigenvalue weighted by atomic mass is 10.1. The topological polar surface area (TPSA) is 81.4 Å². The van der Waals surface area contributed by atoms with E-state index in [-0.39, 0.29) is 5.91 Å². The number of hydrogen-bond acceptors (Lipinski definition) is 6. The van der Waals surface area contributed by atoms with Gasteiger partial charge >= 0.3 is 0 Å². The summed E-state index contributed by atoms with van der Waals surface area (Å²) in [5, 5.41) is 16.0. The van der Waals surface area contributed by atoms with E-state index in [2.05, 4.69) is 20.6 Å². The van der Waals surface area contributed by atoms with Gasteiger partial charge in [0.15, 0.2) is 5.82 Å². The number of rotatable bonds is 6. The molecule has 0 aliphatic carbocycles. The van der Waals surface area contributed by atoms with E-state index in [0.717, 1.165) is 27.1 Å². The molecule has 8 heteroatoms. The fourth-order valence-corrected chi connectivity index (χ4v) is 2.94. The normalized spacial score (nSPS) is 10.9. The third-order valence-electron chi connectivity index (χ3n) is 3.22. The maximum Gasteiger partial charge on any atom is 0.234 e. The van der Waals surface area contributed by atoms with Crippen LogP contribution in [0.15, 0.2) is 24.3 Å². The maximum absolute atomic E-state index is 12.0. The molecule has 0 unspecified atom stereocenters. The van der Waals surface area contributed by atoms with Crippen LogP contribution in [0.5, 0.6) is 5.75 Å². The molecule has 23 heavy (non-hydrogen) atoms. The molecular weight excluding hydrogens is 314 g/mol. The number of hydrogen-bond donors (Lipinski definition) is 1. The maximum atomic E-state index is 12.0. The first-order valence-electron chi connectivity index (χ1n) is 7.32. The lowest BCUT2D eigenvalue weighted by molar-refractivity contribution is -0.120. The van der Waals surface area contributed by atoms with Crippen molar-refractivity contribution in [2.45, 2.75) is 26.8 Å². The molecule has 0 spiro atoms. The Morgan fingerprint density at radius 2 is 2.09 bits per heavy atom. The summed E-state index contributed by atoms with van der Waals surface area (Å²) in [5.74, 6) is 1.51. The Balaban J connectivity index is 1.54. The summed E-state index contributed by atoms with van der Waals surface area (Å²) in [4.78, 5) is 12.8. The minimum absolute atomic E-state index is 0.0446. The first-order valence-corrected chi connectivity index (χ1v) is 8.13. The van der Waals surface area contributed by atoms with E-state index in [0.29, 0.717) is 19.6 Å². The van der Waals surface area contributed by atoms with Crippen molar-refractivity contribution in [1.82, 2.24) is 25.1 Å². The number of carbonyl (C=O) groups is 1. The zero-order valence-corrected chi connectivity index (χ0v) is 13.8. The second-order valence-corrected chi connectivity index (χ2v) is 6.01. The van der Waals surface area contributed by atoms with Crippen molar-refractivity contribution in [2.24, 2.45) is 0 Å². The van der Waals surface area contributed by atoms with Crippen molar-refractivity contribution in [3.05, 3.63) is 40.7 Å². The van der Waals surface area contributed by atoms with Crippen LogP contribution < -0.4 is 10.1 Å². The van der Waals surface area contributed by atoms with Gasteiger partial charge in [0.2, 0.25) is 10.9 Å². The van der Waals surface area contributed by atoms with Gasteiger partial charge in [0.25, 0.3) is 0 Å². The SMILES string of the molecule is CCOc1ccc(CC(=O)NCc2nn3c(C)nnc3s2)cc1. The standard InChI is InChI=1S/C15H17N5O2S/c1-3-22-12-6-4-11(5-7-12)8-13(21)16-9-14-19-20-10(2)17-18-15(20)23-14/h4-7H,3,8-9H2,1-2H3,(H,16,21). The fraction of sp³-hybridized carbons (Fsp3) is 0.333. The summed E-state index contributed by atoms with van der Waals surface area (Å²) in [6, 6.07) is 7.55. The van der Waals surface area contributed by atoms with Crippen molar-refractivity contribution in [2.75, 3.05) is 6.61 Å². The van der Waals surface area contributed by atoms with Gasteiger partial charge in [-0.05, 0) is 31.5 Å². The van der Waals surface area contributed by atoms with Crippen LogP contribution in [0, 0.1) is 6.92 Å². The molecule has 0 aliphatic rings. The summed E-state index contributed by atoms with van der Waals surface area (Å²) in [7, 11) is 0. The van der Waals surface area contributed by atoms with Crippen LogP contribution >= 0.6 is 11.3 Å². The van der Waals surface area contributed by atoms with Crippen LogP contribution in [0.3, 0.4) is 0 Å². The van der Waals surface area contributed by atoms with Gasteiger partial charge in [-0.3, -0.25) is 4.79 Å². The second-order valence-electron chi connectivity index (χ2n) is 4.97. The Bertz CT molecular complexity index is 809. The van der Waals surface area contributed by atoms with E-state index in [1.807, 2.05) is 38.1 Å². The number of aromatic nitrogens is 4. The molecule has 7 nitrogen and oxygen atoms in total. The molecule has 0 atom stereocenters. The fourth-order valence-electron chi connectivity index (χ4n) is 2.12. The third-order valence-corrected chi connectivity index (χ3v) is 4.12. The van der Waals surface area contributed by atoms with Crippen LogP contribution in [-0.2, 0) is 17.8 Å². The summed E-state index contributed by atoms with van der Waals surface area (Å²) in [6.07, 6.45) is 0.329. The molecule has 0 radical (unpaired) electrons. The highest BCUT2D eigenvalue weighted by Gasteiger charge is 2.10. The molecule has 2 aromatic heterocycles. The number of benzene rings is 1. The van der Waals surface area contributed by atoms with Gasteiger partial charge in [0.05, 0.1) is 19.6 Å². The highest BCUT2D eigenvalue weighted by atomic mass is 32.1. The first kappa shape index (κ1) is 15.4. The molecule has 0 bridgehead atoms. The van der Waals surface area contributed by atoms with Gasteiger partial charge in [-0.25, -0.2) is 0 Å². The second kappa shape index (κ2) is 6.74. The van der Waals surface area contributed by atoms with Crippen molar-refractivity contribution >= 4 is 22.2 Å². The summed E-state index contributed by atoms with van der Waals surface area (Å²) in [5.41, 5.74) is 0.944. The molecule has 1 aromatic carbocycles. The summed E-state index contributed by atoms with van der Waals surface area (Å²) >= 11 is 1.42. The highest BCUT2D eigenvalue weighted by Crippen LogP contribution is 2.14. The highest BCUT2D eigenvalue weighted by molar-refractivity contribution is 7.16. The van der Waals surface area contributed by atoms with Crippen molar-refractivity contribution in [3.8, 4) is 5.75 Å². The number of nitrogens with one attached hydrogen (secondary N) is 1. The van der Waals surface area contributed by atoms with E-state index >= 15 is 0 Å². The number of fused-ring (bicyclic) bond motifs is 1. The Morgan fingerprint density at radius 3 is 2.78 bits per heavy atom. The molecule has 3 rings (SSSR count). The average Bonchev–Trinajstić information content (AvgIpc) is 3.10. The molecule has 2 heterocycles. The largest absolute Gasteiger partial charge is 0.494 e. The van der Waals surface area contributed by atoms with E-state index < -0.39 is 0 Å². The van der Waals surface area contributed by atoms with Gasteiger partial charge in [-0.1, -0.05) is 23.5 Å². The van der Waals surface area contributed by atoms with Gasteiger partial charge in [-0.15, -0.1) is 10.2 Å². The van der Waals surface area contributed by atoms with Gasteiger partial charge in [0.1, 0.15) is 10.8 Å². The Kier molecular flexibility index (Phi) is 4.52. The third kappa shape index (κ3) is 3.65. The predicted molar refractivity (Wildman–Crippen MR) is 86.6 cm³/mol. The molecule has 0 saturated heterocycles. The van der Waals surface area contributed by atoms with Gasteiger partial charge in [0, 0.05) is 0 Å². The first-order chi connectivity index (χ1) is 11.2. The van der Waals surface area contributed by atoms with Gasteiger partial charge < -0.3 is 10.1 Å². The lowest BCUT2D eigenvalue weighted by Gasteiger charge is -2.05. The van der Waals surface area contributed by atoms with Crippen LogP contribution in [0.2, 0.25) is 0 Å². The molecule has 3 aromatic rings. The van der Waals surface area contributed by atoms with Gasteiger partial charge in [-0.2, -0.15) is 9.61 Å². The molecule has 1 amide bonds. The monoisotopic (exact) mass is 331 g/mol. The Labute approximate surface area is 137 Å². The smallest absolute Gasteiger partial charge is 0.234 e. The Hall–Kier alpha value is -2.48. The van der Waals surface area contributed by atoms with Crippen molar-refractivity contribution in [1.29, 1.82) is 0 Å². The molecule has 1 N–H and O–H groups in total. The zero-order chi connectivity index (χ0) is 16.2. The number of nitrogens with zero attached hydrogens (tertiary/aromatic N) is 4. The van der Waals surface area contributed by atoms with E-state index in [1.54, 1.807) is 4.52 Å². The molecular formula is C15H17N5O2S. The number of aryl methyl sites for hydroxylation is 1. The number of amides is 1. The van der Waals surface area contributed by atoms with Crippen LogP contribution in [-0.4, -0.2) is 32.3 Å². The van der Waals surface area contributed by atoms with Crippen LogP contribution in [0.25, 0.3) is 4.96 Å². The summed E-state index contributed by atoms with van der Waals surface area (Å²) < 4.78 is 7.06. The number of carbonyl (C=O) groups excluding carboxylic acids is 1. The van der Waals surface area contributed by atoms with Crippen molar-refractivity contribution in [3.63, 3.8) is 0 Å². The van der Waals surface area contributed by atoms with Crippen LogP contribution in [0.4, 0.5) is 0 Å². The predicted octanol–water partition coefficient (Wildman–Crippen LogP) is 1.75. The quantitative estimate of drug-likeness (QED) is 0.744. The molecule has 0 aliphatic heterocycles. The van der Waals surface area contributed by atoms with Crippen LogP contribution in [0.1, 0.15) is 23.3 Å². The van der Waals surface area contributed by atoms with E-state index in [1.165, 1.54) is 11.3 Å². The molecule has 0 fully saturated rings.